The van der Waals surface area contributed by atoms with Gasteiger partial charge in [0.2, 0.25) is 17.7 Å². The summed E-state index contributed by atoms with van der Waals surface area (Å²) in [6.45, 7) is 29.0. The number of hydrogen-bond acceptors (Lipinski definition) is 13. The number of amides is 3. The van der Waals surface area contributed by atoms with E-state index in [-0.39, 0.29) is 55.3 Å². The van der Waals surface area contributed by atoms with Crippen LogP contribution in [0.4, 0.5) is 0 Å². The Hall–Kier alpha value is -3.60. The van der Waals surface area contributed by atoms with Crippen molar-refractivity contribution in [3.05, 3.63) is 60.2 Å². The number of pyridine rings is 2. The van der Waals surface area contributed by atoms with Crippen molar-refractivity contribution >= 4 is 41.0 Å². The third-order valence-corrected chi connectivity index (χ3v) is 13.0. The smallest absolute Gasteiger partial charge is 0.242 e. The lowest BCUT2D eigenvalue weighted by molar-refractivity contribution is -0.173. The van der Waals surface area contributed by atoms with E-state index in [1.54, 1.807) is 19.3 Å². The Morgan fingerprint density at radius 2 is 1.47 bits per heavy atom. The van der Waals surface area contributed by atoms with Crippen LogP contribution in [0.25, 0.3) is 0 Å². The third-order valence-electron chi connectivity index (χ3n) is 11.8. The van der Waals surface area contributed by atoms with Crippen LogP contribution in [0.1, 0.15) is 134 Å². The van der Waals surface area contributed by atoms with E-state index in [9.17, 15) is 24.0 Å². The number of ketones is 2. The molecule has 2 aromatic heterocycles. The van der Waals surface area contributed by atoms with Crippen molar-refractivity contribution in [2.24, 2.45) is 5.41 Å². The van der Waals surface area contributed by atoms with Crippen molar-refractivity contribution in [2.75, 3.05) is 38.6 Å². The summed E-state index contributed by atoms with van der Waals surface area (Å²) in [5.74, 6) is -0.318. The molecule has 2 N–H and O–H groups in total. The van der Waals surface area contributed by atoms with Crippen molar-refractivity contribution in [1.82, 2.24) is 30.4 Å². The van der Waals surface area contributed by atoms with Gasteiger partial charge >= 0.3 is 0 Å². The van der Waals surface area contributed by atoms with Gasteiger partial charge in [-0.05, 0) is 120 Å². The second-order valence-corrected chi connectivity index (χ2v) is 22.1. The molecule has 2 atom stereocenters. The minimum absolute atomic E-state index is 0.0362. The van der Waals surface area contributed by atoms with Crippen LogP contribution in [0.2, 0.25) is 0 Å². The number of likely N-dealkylation sites (tertiary alicyclic amines) is 1. The van der Waals surface area contributed by atoms with Crippen molar-refractivity contribution in [1.29, 1.82) is 0 Å². The van der Waals surface area contributed by atoms with Gasteiger partial charge in [0.25, 0.3) is 0 Å². The highest BCUT2D eigenvalue weighted by Crippen LogP contribution is 2.37. The molecule has 15 heteroatoms. The molecule has 358 valence electrons. The summed E-state index contributed by atoms with van der Waals surface area (Å²) in [6, 6.07) is 11.7. The van der Waals surface area contributed by atoms with Crippen molar-refractivity contribution in [2.45, 2.75) is 175 Å². The van der Waals surface area contributed by atoms with Gasteiger partial charge in [-0.2, -0.15) is 0 Å². The zero-order valence-electron chi connectivity index (χ0n) is 41.2. The third kappa shape index (κ3) is 17.7. The van der Waals surface area contributed by atoms with Gasteiger partial charge in [0.15, 0.2) is 11.6 Å². The molecule has 0 spiro atoms. The van der Waals surface area contributed by atoms with E-state index < -0.39 is 44.6 Å². The first kappa shape index (κ1) is 54.7. The topological polar surface area (TPSA) is 169 Å². The fraction of sp³-hybridized carbons (Fsp3) is 0.694. The van der Waals surface area contributed by atoms with Gasteiger partial charge < -0.3 is 19.5 Å². The molecular formula is C49H78N6O8S. The Morgan fingerprint density at radius 1 is 0.875 bits per heavy atom. The van der Waals surface area contributed by atoms with Crippen LogP contribution in [0.15, 0.2) is 48.8 Å². The predicted octanol–water partition coefficient (Wildman–Crippen LogP) is 6.73. The van der Waals surface area contributed by atoms with Crippen LogP contribution in [-0.4, -0.2) is 127 Å². The summed E-state index contributed by atoms with van der Waals surface area (Å²) in [4.78, 5) is 78.3. The van der Waals surface area contributed by atoms with Gasteiger partial charge in [0, 0.05) is 69.3 Å². The molecule has 1 fully saturated rings. The van der Waals surface area contributed by atoms with Crippen molar-refractivity contribution in [3.8, 4) is 0 Å². The van der Waals surface area contributed by atoms with Crippen LogP contribution >= 0.6 is 11.8 Å². The SMILES string of the molecule is CC(OC(C)(C)C(C)(C)C(=O)COC(C)(C)C)C(=O)C(C)(C)NC(C)(C)COC(C)(C)CCCNC(=O)CCN1C(=O)CC(SCCN(Cc2ccccn2)Cc2ccccn2)C1=O. The number of carbonyl (C=O) groups is 5. The van der Waals surface area contributed by atoms with Crippen molar-refractivity contribution < 1.29 is 38.2 Å². The molecule has 64 heavy (non-hydrogen) atoms. The highest BCUT2D eigenvalue weighted by molar-refractivity contribution is 8.00. The Balaban J connectivity index is 1.39. The number of Topliss-reactive ketones (excluding diaryl/α,β-unsaturated/α-hetero) is 2. The van der Waals surface area contributed by atoms with E-state index in [1.165, 1.54) is 16.7 Å². The van der Waals surface area contributed by atoms with E-state index in [4.69, 9.17) is 14.2 Å². The van der Waals surface area contributed by atoms with Gasteiger partial charge in [-0.25, -0.2) is 0 Å². The number of nitrogens with one attached hydrogen (secondary N) is 2. The molecule has 0 aliphatic carbocycles. The lowest BCUT2D eigenvalue weighted by Crippen LogP contribution is -2.61. The lowest BCUT2D eigenvalue weighted by atomic mass is 9.73. The van der Waals surface area contributed by atoms with Crippen LogP contribution < -0.4 is 10.6 Å². The minimum atomic E-state index is -0.978. The molecule has 3 amide bonds. The number of carbonyl (C=O) groups excluding carboxylic acids is 5. The molecule has 1 saturated heterocycles. The van der Waals surface area contributed by atoms with Crippen LogP contribution in [0, 0.1) is 5.41 Å². The van der Waals surface area contributed by atoms with E-state index in [0.29, 0.717) is 51.4 Å². The average molecular weight is 911 g/mol. The normalized spacial score (nSPS) is 16.1. The fourth-order valence-electron chi connectivity index (χ4n) is 7.38. The molecule has 3 heterocycles. The Kier molecular flexibility index (Phi) is 19.9. The molecular weight excluding hydrogens is 833 g/mol. The second kappa shape index (κ2) is 23.2. The zero-order chi connectivity index (χ0) is 48.1. The summed E-state index contributed by atoms with van der Waals surface area (Å²) in [5.41, 5.74) is -2.55. The molecule has 1 aliphatic heterocycles. The predicted molar refractivity (Wildman–Crippen MR) is 252 cm³/mol. The summed E-state index contributed by atoms with van der Waals surface area (Å²) in [5, 5.41) is 5.92. The van der Waals surface area contributed by atoms with Gasteiger partial charge in [-0.15, -0.1) is 11.8 Å². The first-order valence-corrected chi connectivity index (χ1v) is 23.7. The summed E-state index contributed by atoms with van der Waals surface area (Å²) < 4.78 is 18.5. The van der Waals surface area contributed by atoms with Crippen LogP contribution in [0.3, 0.4) is 0 Å². The number of aromatic nitrogens is 2. The van der Waals surface area contributed by atoms with E-state index in [0.717, 1.165) is 11.4 Å². The molecule has 1 aliphatic rings. The molecule has 0 radical (unpaired) electrons. The maximum Gasteiger partial charge on any atom is 0.242 e. The van der Waals surface area contributed by atoms with E-state index in [1.807, 2.05) is 126 Å². The average Bonchev–Trinajstić information content (AvgIpc) is 3.47. The van der Waals surface area contributed by atoms with Gasteiger partial charge in [-0.1, -0.05) is 26.0 Å². The molecule has 0 aromatic carbocycles. The number of nitrogens with zero attached hydrogens (tertiary/aromatic N) is 4. The molecule has 2 unspecified atom stereocenters. The highest BCUT2D eigenvalue weighted by Gasteiger charge is 2.47. The monoisotopic (exact) mass is 911 g/mol. The van der Waals surface area contributed by atoms with Crippen molar-refractivity contribution in [3.63, 3.8) is 0 Å². The van der Waals surface area contributed by atoms with Crippen LogP contribution in [0.5, 0.6) is 0 Å². The second-order valence-electron chi connectivity index (χ2n) is 20.8. The lowest BCUT2D eigenvalue weighted by Gasteiger charge is -2.44. The fourth-order valence-corrected chi connectivity index (χ4v) is 8.56. The quantitative estimate of drug-likeness (QED) is 0.0682. The molecule has 0 saturated carbocycles. The van der Waals surface area contributed by atoms with E-state index >= 15 is 0 Å². The number of hydrogen-bond donors (Lipinski definition) is 2. The molecule has 2 aromatic rings. The molecule has 14 nitrogen and oxygen atoms in total. The van der Waals surface area contributed by atoms with Crippen LogP contribution in [-0.2, 0) is 51.3 Å². The number of rotatable bonds is 28. The summed E-state index contributed by atoms with van der Waals surface area (Å²) >= 11 is 1.47. The summed E-state index contributed by atoms with van der Waals surface area (Å²) in [6.07, 6.45) is 4.22. The first-order chi connectivity index (χ1) is 29.5. The number of imide groups is 1. The molecule has 0 bridgehead atoms. The Labute approximate surface area is 387 Å². The Morgan fingerprint density at radius 3 is 2.02 bits per heavy atom. The minimum Gasteiger partial charge on any atom is -0.374 e. The Bertz CT molecular complexity index is 1810. The first-order valence-electron chi connectivity index (χ1n) is 22.6. The van der Waals surface area contributed by atoms with Gasteiger partial charge in [0.05, 0.1) is 51.0 Å². The highest BCUT2D eigenvalue weighted by atomic mass is 32.2. The summed E-state index contributed by atoms with van der Waals surface area (Å²) in [7, 11) is 0. The largest absolute Gasteiger partial charge is 0.374 e. The standard InChI is InChI=1S/C49H78N6O8S/c1-35(63-49(13,14)47(9,10)39(56)33-61-44(2,3)4)42(59)48(11,12)53-45(5,6)34-62-46(7,8)23-19-26-52-40(57)22-27-55-41(58)30-38(43(55)60)64-29-28-54(31-36-20-15-17-24-50-36)32-37-21-16-18-25-51-37/h15-18,20-21,24-25,35,38,53H,19,22-23,26-34H2,1-14H3,(H,52,57). The van der Waals surface area contributed by atoms with Gasteiger partial charge in [0.1, 0.15) is 12.7 Å². The maximum atomic E-state index is 13.8. The number of ether oxygens (including phenoxy) is 3. The molecule has 3 rings (SSSR count). The van der Waals surface area contributed by atoms with E-state index in [2.05, 4.69) is 25.5 Å². The maximum absolute atomic E-state index is 13.8. The zero-order valence-corrected chi connectivity index (χ0v) is 42.0. The van der Waals surface area contributed by atoms with Gasteiger partial charge in [-0.3, -0.25) is 49.1 Å². The number of thioether (sulfide) groups is 1.